The standard InChI is InChI=1S/C18H17BrN4O2/c19-13-10-16-17(23-11-13)15(5-8-21-16)20-6-2-7-22-18(25)12-3-1-4-14(24)9-12/h1,3-5,8-11,24H,2,6-7H2,(H,20,21)(H,22,25). The molecule has 0 aliphatic rings. The number of nitrogens with one attached hydrogen (secondary N) is 2. The number of carbonyl (C=O) groups is 1. The molecular weight excluding hydrogens is 384 g/mol. The van der Waals surface area contributed by atoms with Crippen LogP contribution in [-0.4, -0.2) is 34.1 Å². The second kappa shape index (κ2) is 7.94. The number of hydrogen-bond acceptors (Lipinski definition) is 5. The molecule has 2 heterocycles. The molecule has 128 valence electrons. The first-order chi connectivity index (χ1) is 12.1. The predicted octanol–water partition coefficient (Wildman–Crippen LogP) is 3.33. The van der Waals surface area contributed by atoms with E-state index in [1.165, 1.54) is 12.1 Å². The van der Waals surface area contributed by atoms with Gasteiger partial charge >= 0.3 is 0 Å². The number of aromatic nitrogens is 2. The molecule has 2 aromatic heterocycles. The van der Waals surface area contributed by atoms with Gasteiger partial charge in [-0.1, -0.05) is 6.07 Å². The highest BCUT2D eigenvalue weighted by molar-refractivity contribution is 9.10. The van der Waals surface area contributed by atoms with Crippen LogP contribution < -0.4 is 10.6 Å². The lowest BCUT2D eigenvalue weighted by molar-refractivity contribution is 0.0953. The van der Waals surface area contributed by atoms with Gasteiger partial charge in [0.25, 0.3) is 5.91 Å². The zero-order valence-electron chi connectivity index (χ0n) is 13.4. The molecule has 0 aliphatic heterocycles. The summed E-state index contributed by atoms with van der Waals surface area (Å²) in [6, 6.07) is 10.1. The van der Waals surface area contributed by atoms with Gasteiger partial charge in [0.05, 0.1) is 11.2 Å². The van der Waals surface area contributed by atoms with Crippen molar-refractivity contribution in [1.29, 1.82) is 0 Å². The summed E-state index contributed by atoms with van der Waals surface area (Å²) in [6.45, 7) is 1.22. The Kier molecular flexibility index (Phi) is 5.45. The molecule has 0 spiro atoms. The Labute approximate surface area is 153 Å². The van der Waals surface area contributed by atoms with E-state index in [1.54, 1.807) is 24.5 Å². The molecule has 0 bridgehead atoms. The van der Waals surface area contributed by atoms with Gasteiger partial charge in [0, 0.05) is 35.5 Å². The number of pyridine rings is 2. The third-order valence-electron chi connectivity index (χ3n) is 3.61. The third kappa shape index (κ3) is 4.45. The van der Waals surface area contributed by atoms with E-state index in [1.807, 2.05) is 12.1 Å². The van der Waals surface area contributed by atoms with Gasteiger partial charge in [0.15, 0.2) is 0 Å². The van der Waals surface area contributed by atoms with Crippen LogP contribution in [0, 0.1) is 0 Å². The van der Waals surface area contributed by atoms with Gasteiger partial charge in [0.2, 0.25) is 0 Å². The van der Waals surface area contributed by atoms with Gasteiger partial charge in [0.1, 0.15) is 11.3 Å². The summed E-state index contributed by atoms with van der Waals surface area (Å²) in [4.78, 5) is 20.7. The van der Waals surface area contributed by atoms with Crippen LogP contribution in [0.5, 0.6) is 5.75 Å². The van der Waals surface area contributed by atoms with Gasteiger partial charge in [-0.15, -0.1) is 0 Å². The fourth-order valence-electron chi connectivity index (χ4n) is 2.41. The lowest BCUT2D eigenvalue weighted by Gasteiger charge is -2.09. The van der Waals surface area contributed by atoms with Gasteiger partial charge in [-0.3, -0.25) is 14.8 Å². The Morgan fingerprint density at radius 1 is 1.16 bits per heavy atom. The summed E-state index contributed by atoms with van der Waals surface area (Å²) in [7, 11) is 0. The van der Waals surface area contributed by atoms with E-state index in [2.05, 4.69) is 36.5 Å². The zero-order chi connectivity index (χ0) is 17.6. The number of nitrogens with zero attached hydrogens (tertiary/aromatic N) is 2. The first-order valence-electron chi connectivity index (χ1n) is 7.85. The minimum absolute atomic E-state index is 0.0815. The maximum atomic E-state index is 12.0. The van der Waals surface area contributed by atoms with Crippen molar-refractivity contribution in [3.63, 3.8) is 0 Å². The van der Waals surface area contributed by atoms with E-state index in [4.69, 9.17) is 0 Å². The van der Waals surface area contributed by atoms with E-state index in [9.17, 15) is 9.90 Å². The summed E-state index contributed by atoms with van der Waals surface area (Å²) in [5.41, 5.74) is 2.99. The smallest absolute Gasteiger partial charge is 0.251 e. The molecule has 1 aromatic carbocycles. The number of phenols is 1. The summed E-state index contributed by atoms with van der Waals surface area (Å²) < 4.78 is 0.888. The average molecular weight is 401 g/mol. The SMILES string of the molecule is O=C(NCCCNc1ccnc2cc(Br)cnc12)c1cccc(O)c1. The highest BCUT2D eigenvalue weighted by Crippen LogP contribution is 2.21. The van der Waals surface area contributed by atoms with E-state index >= 15 is 0 Å². The quantitative estimate of drug-likeness (QED) is 0.552. The van der Waals surface area contributed by atoms with Crippen LogP contribution in [0.15, 0.2) is 53.3 Å². The molecule has 0 unspecified atom stereocenters. The normalized spacial score (nSPS) is 10.6. The van der Waals surface area contributed by atoms with Crippen molar-refractivity contribution in [3.05, 3.63) is 58.8 Å². The van der Waals surface area contributed by atoms with E-state index < -0.39 is 0 Å². The first kappa shape index (κ1) is 17.2. The molecule has 6 nitrogen and oxygen atoms in total. The molecule has 0 atom stereocenters. The van der Waals surface area contributed by atoms with Crippen LogP contribution in [0.3, 0.4) is 0 Å². The second-order valence-electron chi connectivity index (χ2n) is 5.47. The van der Waals surface area contributed by atoms with Crippen LogP contribution in [-0.2, 0) is 0 Å². The highest BCUT2D eigenvalue weighted by Gasteiger charge is 2.06. The van der Waals surface area contributed by atoms with Gasteiger partial charge in [-0.25, -0.2) is 0 Å². The van der Waals surface area contributed by atoms with Crippen LogP contribution in [0.4, 0.5) is 5.69 Å². The second-order valence-corrected chi connectivity index (χ2v) is 6.38. The minimum atomic E-state index is -0.197. The van der Waals surface area contributed by atoms with E-state index in [-0.39, 0.29) is 11.7 Å². The number of carbonyl (C=O) groups excluding carboxylic acids is 1. The topological polar surface area (TPSA) is 87.1 Å². The number of hydrogen-bond donors (Lipinski definition) is 3. The summed E-state index contributed by atoms with van der Waals surface area (Å²) in [5, 5.41) is 15.6. The fourth-order valence-corrected chi connectivity index (χ4v) is 2.73. The molecule has 0 saturated carbocycles. The number of fused-ring (bicyclic) bond motifs is 1. The molecule has 0 radical (unpaired) electrons. The zero-order valence-corrected chi connectivity index (χ0v) is 15.0. The summed E-state index contributed by atoms with van der Waals surface area (Å²) in [6.07, 6.45) is 4.23. The number of amides is 1. The Balaban J connectivity index is 1.50. The number of halogens is 1. The Morgan fingerprint density at radius 2 is 2.04 bits per heavy atom. The van der Waals surface area contributed by atoms with Crippen LogP contribution in [0.1, 0.15) is 16.8 Å². The monoisotopic (exact) mass is 400 g/mol. The maximum Gasteiger partial charge on any atom is 0.251 e. The highest BCUT2D eigenvalue weighted by atomic mass is 79.9. The molecule has 0 fully saturated rings. The summed E-state index contributed by atoms with van der Waals surface area (Å²) in [5.74, 6) is -0.116. The molecule has 7 heteroatoms. The van der Waals surface area contributed by atoms with Crippen molar-refractivity contribution in [3.8, 4) is 5.75 Å². The molecule has 1 amide bonds. The van der Waals surface area contributed by atoms with E-state index in [0.717, 1.165) is 27.6 Å². The van der Waals surface area contributed by atoms with Gasteiger partial charge < -0.3 is 15.7 Å². The van der Waals surface area contributed by atoms with Crippen LogP contribution >= 0.6 is 15.9 Å². The molecule has 3 aromatic rings. The minimum Gasteiger partial charge on any atom is -0.508 e. The average Bonchev–Trinajstić information content (AvgIpc) is 2.61. The fraction of sp³-hybridized carbons (Fsp3) is 0.167. The maximum absolute atomic E-state index is 12.0. The van der Waals surface area contributed by atoms with Crippen molar-refractivity contribution >= 4 is 38.6 Å². The lowest BCUT2D eigenvalue weighted by atomic mass is 10.2. The van der Waals surface area contributed by atoms with Crippen molar-refractivity contribution in [2.45, 2.75) is 6.42 Å². The molecule has 3 N–H and O–H groups in total. The van der Waals surface area contributed by atoms with Gasteiger partial charge in [-0.05, 0) is 52.7 Å². The van der Waals surface area contributed by atoms with Crippen molar-refractivity contribution < 1.29 is 9.90 Å². The Morgan fingerprint density at radius 3 is 2.88 bits per heavy atom. The molecule has 0 saturated heterocycles. The summed E-state index contributed by atoms with van der Waals surface area (Å²) >= 11 is 3.39. The number of aromatic hydroxyl groups is 1. The van der Waals surface area contributed by atoms with Crippen LogP contribution in [0.25, 0.3) is 11.0 Å². The number of anilines is 1. The number of rotatable bonds is 6. The number of phenolic OH excluding ortho intramolecular Hbond substituents is 1. The van der Waals surface area contributed by atoms with Crippen molar-refractivity contribution in [2.24, 2.45) is 0 Å². The largest absolute Gasteiger partial charge is 0.508 e. The van der Waals surface area contributed by atoms with Crippen molar-refractivity contribution in [1.82, 2.24) is 15.3 Å². The van der Waals surface area contributed by atoms with Crippen molar-refractivity contribution in [2.75, 3.05) is 18.4 Å². The molecule has 0 aliphatic carbocycles. The Hall–Kier alpha value is -2.67. The first-order valence-corrected chi connectivity index (χ1v) is 8.64. The molecular formula is C18H17BrN4O2. The van der Waals surface area contributed by atoms with Crippen LogP contribution in [0.2, 0.25) is 0 Å². The third-order valence-corrected chi connectivity index (χ3v) is 4.04. The van der Waals surface area contributed by atoms with E-state index in [0.29, 0.717) is 18.7 Å². The Bertz CT molecular complexity index is 901. The predicted molar refractivity (Wildman–Crippen MR) is 101 cm³/mol. The lowest BCUT2D eigenvalue weighted by Crippen LogP contribution is -2.25. The molecule has 25 heavy (non-hydrogen) atoms. The van der Waals surface area contributed by atoms with Gasteiger partial charge in [-0.2, -0.15) is 0 Å². The number of benzene rings is 1. The molecule has 3 rings (SSSR count).